The molecule has 0 unspecified atom stereocenters. The van der Waals surface area contributed by atoms with Gasteiger partial charge in [0.05, 0.1) is 18.8 Å². The summed E-state index contributed by atoms with van der Waals surface area (Å²) in [7, 11) is 1.59. The number of phenolic OH excluding ortho intramolecular Hbond substituents is 1. The number of anilines is 3. The minimum absolute atomic E-state index is 0.0377. The van der Waals surface area contributed by atoms with E-state index in [9.17, 15) is 14.7 Å². The van der Waals surface area contributed by atoms with Crippen molar-refractivity contribution in [1.82, 2.24) is 14.1 Å². The van der Waals surface area contributed by atoms with Crippen LogP contribution in [-0.2, 0) is 13.1 Å². The number of aliphatic imine (C=N–C) groups is 1. The first kappa shape index (κ1) is 23.5. The summed E-state index contributed by atoms with van der Waals surface area (Å²) >= 11 is 0. The maximum atomic E-state index is 13.3. The first-order valence-corrected chi connectivity index (χ1v) is 10.2. The zero-order chi connectivity index (χ0) is 24.3. The number of nitrogens with zero attached hydrogens (tertiary/aromatic N) is 4. The van der Waals surface area contributed by atoms with Crippen LogP contribution in [0.1, 0.15) is 29.2 Å². The van der Waals surface area contributed by atoms with Crippen LogP contribution in [0.25, 0.3) is 0 Å². The first-order chi connectivity index (χ1) is 15.6. The lowest BCUT2D eigenvalue weighted by Gasteiger charge is -2.17. The van der Waals surface area contributed by atoms with Crippen molar-refractivity contribution in [3.8, 4) is 5.75 Å². The molecule has 0 radical (unpaired) electrons. The van der Waals surface area contributed by atoms with Gasteiger partial charge in [-0.25, -0.2) is 14.2 Å². The molecular weight excluding hydrogens is 422 g/mol. The number of aromatic nitrogens is 3. The lowest BCUT2D eigenvalue weighted by atomic mass is 10.1. The van der Waals surface area contributed by atoms with Gasteiger partial charge in [0, 0.05) is 36.3 Å². The molecule has 10 heteroatoms. The van der Waals surface area contributed by atoms with Crippen LogP contribution < -0.4 is 22.4 Å². The molecular formula is C23H27N7O3. The highest BCUT2D eigenvalue weighted by Gasteiger charge is 2.17. The Bertz CT molecular complexity index is 1370. The third-order valence-corrected chi connectivity index (χ3v) is 5.09. The lowest BCUT2D eigenvalue weighted by molar-refractivity contribution is 0.477. The van der Waals surface area contributed by atoms with Crippen molar-refractivity contribution in [3.05, 3.63) is 73.6 Å². The summed E-state index contributed by atoms with van der Waals surface area (Å²) in [5.41, 5.74) is 8.61. The fourth-order valence-corrected chi connectivity index (χ4v) is 3.37. The minimum atomic E-state index is -0.795. The SMILES string of the molecule is CN=Cc1cc(Nc2nc(=O)n(CC(C)=N)c(=O)n2Cc2cc(C)ccc2C)c(O)cc1N. The van der Waals surface area contributed by atoms with Crippen molar-refractivity contribution in [1.29, 1.82) is 5.41 Å². The molecule has 0 saturated heterocycles. The number of aryl methyl sites for hydroxylation is 2. The number of rotatable bonds is 7. The van der Waals surface area contributed by atoms with Crippen molar-refractivity contribution in [2.75, 3.05) is 18.1 Å². The summed E-state index contributed by atoms with van der Waals surface area (Å²) in [6.45, 7) is 5.36. The normalized spacial score (nSPS) is 11.2. The fourth-order valence-electron chi connectivity index (χ4n) is 3.37. The summed E-state index contributed by atoms with van der Waals surface area (Å²) in [6.07, 6.45) is 1.53. The molecule has 10 nitrogen and oxygen atoms in total. The predicted octanol–water partition coefficient (Wildman–Crippen LogP) is 2.19. The summed E-state index contributed by atoms with van der Waals surface area (Å²) in [5, 5.41) is 21.0. The van der Waals surface area contributed by atoms with E-state index < -0.39 is 11.4 Å². The maximum Gasteiger partial charge on any atom is 0.355 e. The Morgan fingerprint density at radius 3 is 2.64 bits per heavy atom. The third-order valence-electron chi connectivity index (χ3n) is 5.09. The third kappa shape index (κ3) is 5.17. The van der Waals surface area contributed by atoms with E-state index in [1.807, 2.05) is 32.0 Å². The van der Waals surface area contributed by atoms with Gasteiger partial charge in [0.15, 0.2) is 0 Å². The van der Waals surface area contributed by atoms with Gasteiger partial charge in [0.25, 0.3) is 0 Å². The quantitative estimate of drug-likeness (QED) is 0.247. The molecule has 0 spiro atoms. The van der Waals surface area contributed by atoms with E-state index >= 15 is 0 Å². The molecule has 0 fully saturated rings. The van der Waals surface area contributed by atoms with Crippen molar-refractivity contribution >= 4 is 29.2 Å². The largest absolute Gasteiger partial charge is 0.506 e. The van der Waals surface area contributed by atoms with Crippen LogP contribution in [0.5, 0.6) is 5.75 Å². The van der Waals surface area contributed by atoms with Crippen molar-refractivity contribution < 1.29 is 5.11 Å². The molecule has 0 aliphatic rings. The highest BCUT2D eigenvalue weighted by atomic mass is 16.3. The zero-order valence-electron chi connectivity index (χ0n) is 19.0. The molecule has 0 amide bonds. The number of phenols is 1. The van der Waals surface area contributed by atoms with Gasteiger partial charge in [-0.3, -0.25) is 9.56 Å². The van der Waals surface area contributed by atoms with Gasteiger partial charge in [-0.15, -0.1) is 0 Å². The lowest BCUT2D eigenvalue weighted by Crippen LogP contribution is -2.43. The number of hydrogen-bond acceptors (Lipinski definition) is 8. The summed E-state index contributed by atoms with van der Waals surface area (Å²) in [4.78, 5) is 33.9. The van der Waals surface area contributed by atoms with E-state index in [2.05, 4.69) is 15.3 Å². The Labute approximate surface area is 190 Å². The maximum absolute atomic E-state index is 13.3. The van der Waals surface area contributed by atoms with Gasteiger partial charge in [-0.2, -0.15) is 4.98 Å². The monoisotopic (exact) mass is 449 g/mol. The number of aromatic hydroxyl groups is 1. The summed E-state index contributed by atoms with van der Waals surface area (Å²) < 4.78 is 2.23. The Balaban J connectivity index is 2.19. The van der Waals surface area contributed by atoms with Crippen LogP contribution >= 0.6 is 0 Å². The molecule has 0 atom stereocenters. The molecule has 33 heavy (non-hydrogen) atoms. The molecule has 0 saturated carbocycles. The number of nitrogen functional groups attached to an aromatic ring is 1. The van der Waals surface area contributed by atoms with Gasteiger partial charge >= 0.3 is 11.4 Å². The predicted molar refractivity (Wildman–Crippen MR) is 130 cm³/mol. The zero-order valence-corrected chi connectivity index (χ0v) is 19.0. The molecule has 0 aliphatic carbocycles. The van der Waals surface area contributed by atoms with Gasteiger partial charge in [-0.05, 0) is 38.0 Å². The molecule has 0 bridgehead atoms. The van der Waals surface area contributed by atoms with E-state index in [1.165, 1.54) is 23.8 Å². The molecule has 172 valence electrons. The Hall–Kier alpha value is -4.21. The van der Waals surface area contributed by atoms with Crippen molar-refractivity contribution in [2.24, 2.45) is 4.99 Å². The molecule has 3 aromatic rings. The summed E-state index contributed by atoms with van der Waals surface area (Å²) in [6, 6.07) is 8.79. The molecule has 2 aromatic carbocycles. The van der Waals surface area contributed by atoms with Crippen LogP contribution in [0.3, 0.4) is 0 Å². The number of benzene rings is 2. The Morgan fingerprint density at radius 2 is 1.97 bits per heavy atom. The minimum Gasteiger partial charge on any atom is -0.506 e. The number of nitrogens with one attached hydrogen (secondary N) is 2. The molecule has 0 aliphatic heterocycles. The average Bonchev–Trinajstić information content (AvgIpc) is 2.74. The number of hydrogen-bond donors (Lipinski definition) is 4. The smallest absolute Gasteiger partial charge is 0.355 e. The van der Waals surface area contributed by atoms with Crippen molar-refractivity contribution in [3.63, 3.8) is 0 Å². The Morgan fingerprint density at radius 1 is 1.24 bits per heavy atom. The van der Waals surface area contributed by atoms with E-state index in [-0.39, 0.29) is 36.2 Å². The molecule has 3 rings (SSSR count). The standard InChI is InChI=1S/C23H27N7O3/c1-13-5-6-14(2)17(7-13)12-29-21(28-22(32)30(23(29)33)11-15(3)24)27-19-8-16(10-26-4)18(25)9-20(19)31/h5-10,24,31H,11-12,25H2,1-4H3,(H,27,28,32). The molecule has 5 N–H and O–H groups in total. The van der Waals surface area contributed by atoms with Gasteiger partial charge in [0.1, 0.15) is 5.75 Å². The van der Waals surface area contributed by atoms with E-state index in [1.54, 1.807) is 13.1 Å². The van der Waals surface area contributed by atoms with E-state index in [0.717, 1.165) is 21.3 Å². The second kappa shape index (κ2) is 9.51. The van der Waals surface area contributed by atoms with Gasteiger partial charge in [-0.1, -0.05) is 23.8 Å². The van der Waals surface area contributed by atoms with E-state index in [4.69, 9.17) is 11.1 Å². The number of nitrogens with two attached hydrogens (primary N) is 1. The van der Waals surface area contributed by atoms with Crippen LogP contribution in [-0.4, -0.2) is 38.2 Å². The van der Waals surface area contributed by atoms with Crippen LogP contribution in [0.15, 0.2) is 44.9 Å². The van der Waals surface area contributed by atoms with E-state index in [0.29, 0.717) is 11.3 Å². The van der Waals surface area contributed by atoms with Crippen molar-refractivity contribution in [2.45, 2.75) is 33.9 Å². The van der Waals surface area contributed by atoms with Gasteiger partial charge in [0.2, 0.25) is 5.95 Å². The van der Waals surface area contributed by atoms with Crippen LogP contribution in [0.2, 0.25) is 0 Å². The molecule has 1 aromatic heterocycles. The Kier molecular flexibility index (Phi) is 6.76. The van der Waals surface area contributed by atoms with Crippen LogP contribution in [0.4, 0.5) is 17.3 Å². The summed E-state index contributed by atoms with van der Waals surface area (Å²) in [5.74, 6) is -0.211. The fraction of sp³-hybridized carbons (Fsp3) is 0.261. The van der Waals surface area contributed by atoms with Gasteiger partial charge < -0.3 is 21.6 Å². The first-order valence-electron chi connectivity index (χ1n) is 10.2. The topological polar surface area (TPSA) is 151 Å². The van der Waals surface area contributed by atoms with Crippen LogP contribution in [0, 0.1) is 19.3 Å². The second-order valence-corrected chi connectivity index (χ2v) is 7.89. The average molecular weight is 450 g/mol. The highest BCUT2D eigenvalue weighted by molar-refractivity contribution is 5.90. The second-order valence-electron chi connectivity index (χ2n) is 7.89. The molecule has 1 heterocycles. The highest BCUT2D eigenvalue weighted by Crippen LogP contribution is 2.30.